The molecule has 1 aromatic carbocycles. The summed E-state index contributed by atoms with van der Waals surface area (Å²) < 4.78 is 5.02. The van der Waals surface area contributed by atoms with E-state index < -0.39 is 0 Å². The normalized spacial score (nSPS) is 12.7. The molecule has 16 heavy (non-hydrogen) atoms. The van der Waals surface area contributed by atoms with Gasteiger partial charge in [-0.1, -0.05) is 6.07 Å². The van der Waals surface area contributed by atoms with Gasteiger partial charge in [-0.15, -0.1) is 0 Å². The van der Waals surface area contributed by atoms with Gasteiger partial charge in [0.2, 0.25) is 5.88 Å². The topological polar surface area (TPSA) is 61.0 Å². The van der Waals surface area contributed by atoms with Gasteiger partial charge in [0.15, 0.2) is 0 Å². The molecule has 0 bridgehead atoms. The van der Waals surface area contributed by atoms with Crippen LogP contribution in [0, 0.1) is 0 Å². The predicted octanol–water partition coefficient (Wildman–Crippen LogP) is 1.53. The van der Waals surface area contributed by atoms with Gasteiger partial charge in [-0.05, 0) is 31.0 Å². The lowest BCUT2D eigenvalue weighted by molar-refractivity contribution is 0.397. The second kappa shape index (κ2) is 4.45. The van der Waals surface area contributed by atoms with Crippen LogP contribution in [0.25, 0.3) is 11.0 Å². The Morgan fingerprint density at radius 3 is 2.88 bits per heavy atom. The molecule has 0 saturated carbocycles. The number of ether oxygens (including phenoxy) is 1. The molecule has 1 unspecified atom stereocenters. The van der Waals surface area contributed by atoms with Crippen LogP contribution in [0.2, 0.25) is 0 Å². The largest absolute Gasteiger partial charge is 0.480 e. The minimum atomic E-state index is 0.156. The number of fused-ring (bicyclic) bond motifs is 1. The van der Waals surface area contributed by atoms with Crippen molar-refractivity contribution in [3.63, 3.8) is 0 Å². The molecule has 0 aliphatic rings. The second-order valence-corrected chi connectivity index (χ2v) is 3.92. The molecule has 4 nitrogen and oxygen atoms in total. The van der Waals surface area contributed by atoms with Crippen LogP contribution in [0.4, 0.5) is 0 Å². The fraction of sp³-hybridized carbons (Fsp3) is 0.333. The first-order valence-electron chi connectivity index (χ1n) is 5.24. The summed E-state index contributed by atoms with van der Waals surface area (Å²) in [5.74, 6) is 0.535. The van der Waals surface area contributed by atoms with Crippen LogP contribution in [0.5, 0.6) is 5.88 Å². The number of benzene rings is 1. The van der Waals surface area contributed by atoms with Crippen LogP contribution in [0.15, 0.2) is 24.4 Å². The predicted molar refractivity (Wildman–Crippen MR) is 63.4 cm³/mol. The summed E-state index contributed by atoms with van der Waals surface area (Å²) in [5, 5.41) is 0. The molecule has 0 amide bonds. The van der Waals surface area contributed by atoms with E-state index in [9.17, 15) is 0 Å². The fourth-order valence-electron chi connectivity index (χ4n) is 1.64. The van der Waals surface area contributed by atoms with E-state index in [1.165, 1.54) is 5.56 Å². The first-order valence-corrected chi connectivity index (χ1v) is 5.24. The quantitative estimate of drug-likeness (QED) is 0.847. The molecule has 2 aromatic rings. The van der Waals surface area contributed by atoms with E-state index in [0.717, 1.165) is 17.5 Å². The highest BCUT2D eigenvalue weighted by Crippen LogP contribution is 2.15. The van der Waals surface area contributed by atoms with E-state index in [4.69, 9.17) is 10.5 Å². The van der Waals surface area contributed by atoms with Crippen LogP contribution >= 0.6 is 0 Å². The molecule has 1 heterocycles. The van der Waals surface area contributed by atoms with Crippen LogP contribution < -0.4 is 10.5 Å². The summed E-state index contributed by atoms with van der Waals surface area (Å²) in [7, 11) is 1.58. The Morgan fingerprint density at radius 1 is 1.38 bits per heavy atom. The van der Waals surface area contributed by atoms with Crippen molar-refractivity contribution in [3.05, 3.63) is 30.0 Å². The van der Waals surface area contributed by atoms with E-state index in [2.05, 4.69) is 9.97 Å². The third-order valence-corrected chi connectivity index (χ3v) is 2.35. The summed E-state index contributed by atoms with van der Waals surface area (Å²) in [5.41, 5.74) is 8.66. The molecule has 0 radical (unpaired) electrons. The average Bonchev–Trinajstić information content (AvgIpc) is 2.27. The summed E-state index contributed by atoms with van der Waals surface area (Å²) in [6.07, 6.45) is 2.47. The molecule has 0 aliphatic carbocycles. The molecular formula is C12H15N3O. The van der Waals surface area contributed by atoms with Crippen LogP contribution in [0.1, 0.15) is 12.5 Å². The van der Waals surface area contributed by atoms with Gasteiger partial charge >= 0.3 is 0 Å². The van der Waals surface area contributed by atoms with Crippen molar-refractivity contribution in [3.8, 4) is 5.88 Å². The third kappa shape index (κ3) is 2.28. The number of hydrogen-bond donors (Lipinski definition) is 1. The molecule has 0 saturated heterocycles. The zero-order chi connectivity index (χ0) is 11.5. The van der Waals surface area contributed by atoms with Crippen molar-refractivity contribution in [1.82, 2.24) is 9.97 Å². The summed E-state index contributed by atoms with van der Waals surface area (Å²) in [4.78, 5) is 8.59. The zero-order valence-corrected chi connectivity index (χ0v) is 9.47. The number of methoxy groups -OCH3 is 1. The lowest BCUT2D eigenvalue weighted by Gasteiger charge is -2.06. The van der Waals surface area contributed by atoms with E-state index in [0.29, 0.717) is 5.88 Å². The summed E-state index contributed by atoms with van der Waals surface area (Å²) in [6, 6.07) is 6.15. The van der Waals surface area contributed by atoms with Gasteiger partial charge in [-0.3, -0.25) is 0 Å². The molecule has 1 atom stereocenters. The lowest BCUT2D eigenvalue weighted by atomic mass is 10.1. The minimum Gasteiger partial charge on any atom is -0.480 e. The summed E-state index contributed by atoms with van der Waals surface area (Å²) in [6.45, 7) is 1.99. The van der Waals surface area contributed by atoms with Crippen molar-refractivity contribution in [2.24, 2.45) is 5.73 Å². The van der Waals surface area contributed by atoms with Crippen LogP contribution in [-0.4, -0.2) is 23.1 Å². The molecule has 0 spiro atoms. The monoisotopic (exact) mass is 217 g/mol. The average molecular weight is 217 g/mol. The minimum absolute atomic E-state index is 0.156. The Hall–Kier alpha value is -1.68. The Kier molecular flexibility index (Phi) is 3.01. The van der Waals surface area contributed by atoms with Gasteiger partial charge in [0, 0.05) is 6.04 Å². The van der Waals surface area contributed by atoms with Gasteiger partial charge in [0.05, 0.1) is 24.3 Å². The van der Waals surface area contributed by atoms with Crippen molar-refractivity contribution in [2.45, 2.75) is 19.4 Å². The molecule has 1 aromatic heterocycles. The molecular weight excluding hydrogens is 202 g/mol. The lowest BCUT2D eigenvalue weighted by Crippen LogP contribution is -2.17. The van der Waals surface area contributed by atoms with E-state index in [1.807, 2.05) is 25.1 Å². The number of nitrogens with two attached hydrogens (primary N) is 1. The van der Waals surface area contributed by atoms with Crippen molar-refractivity contribution in [1.29, 1.82) is 0 Å². The van der Waals surface area contributed by atoms with E-state index >= 15 is 0 Å². The highest BCUT2D eigenvalue weighted by Gasteiger charge is 2.03. The van der Waals surface area contributed by atoms with Crippen molar-refractivity contribution >= 4 is 11.0 Å². The third-order valence-electron chi connectivity index (χ3n) is 2.35. The summed E-state index contributed by atoms with van der Waals surface area (Å²) >= 11 is 0. The van der Waals surface area contributed by atoms with Gasteiger partial charge in [-0.2, -0.15) is 0 Å². The van der Waals surface area contributed by atoms with Gasteiger partial charge in [0.1, 0.15) is 0 Å². The highest BCUT2D eigenvalue weighted by atomic mass is 16.5. The maximum atomic E-state index is 5.76. The first-order chi connectivity index (χ1) is 7.69. The zero-order valence-electron chi connectivity index (χ0n) is 9.47. The number of aromatic nitrogens is 2. The number of rotatable bonds is 3. The van der Waals surface area contributed by atoms with E-state index in [1.54, 1.807) is 13.3 Å². The molecule has 0 fully saturated rings. The maximum absolute atomic E-state index is 5.76. The SMILES string of the molecule is COc1cnc2cc(CC(C)N)ccc2n1. The molecule has 2 N–H and O–H groups in total. The first kappa shape index (κ1) is 10.8. The molecule has 84 valence electrons. The fourth-order valence-corrected chi connectivity index (χ4v) is 1.64. The Morgan fingerprint density at radius 2 is 2.19 bits per heavy atom. The molecule has 4 heteroatoms. The Balaban J connectivity index is 2.39. The number of nitrogens with zero attached hydrogens (tertiary/aromatic N) is 2. The van der Waals surface area contributed by atoms with E-state index in [-0.39, 0.29) is 6.04 Å². The second-order valence-electron chi connectivity index (χ2n) is 3.92. The Bertz CT molecular complexity index is 497. The van der Waals surface area contributed by atoms with Crippen LogP contribution in [0.3, 0.4) is 0 Å². The maximum Gasteiger partial charge on any atom is 0.232 e. The van der Waals surface area contributed by atoms with Crippen molar-refractivity contribution in [2.75, 3.05) is 7.11 Å². The van der Waals surface area contributed by atoms with Crippen LogP contribution in [-0.2, 0) is 6.42 Å². The number of hydrogen-bond acceptors (Lipinski definition) is 4. The molecule has 0 aliphatic heterocycles. The molecule has 2 rings (SSSR count). The van der Waals surface area contributed by atoms with Crippen molar-refractivity contribution < 1.29 is 4.74 Å². The highest BCUT2D eigenvalue weighted by molar-refractivity contribution is 5.75. The smallest absolute Gasteiger partial charge is 0.232 e. The van der Waals surface area contributed by atoms with Gasteiger partial charge in [-0.25, -0.2) is 9.97 Å². The van der Waals surface area contributed by atoms with Gasteiger partial charge < -0.3 is 10.5 Å². The Labute approximate surface area is 94.5 Å². The standard InChI is InChI=1S/C12H15N3O/c1-8(13)5-9-3-4-10-11(6-9)14-7-12(15-10)16-2/h3-4,6-8H,5,13H2,1-2H3. The van der Waals surface area contributed by atoms with Gasteiger partial charge in [0.25, 0.3) is 0 Å².